The Hall–Kier alpha value is -4.19. The van der Waals surface area contributed by atoms with Gasteiger partial charge >= 0.3 is 17.9 Å². The number of benzene rings is 2. The molecule has 164 valence electrons. The Bertz CT molecular complexity index is 1150. The molecule has 0 aliphatic rings. The van der Waals surface area contributed by atoms with Crippen LogP contribution in [0.4, 0.5) is 0 Å². The lowest BCUT2D eigenvalue weighted by atomic mass is 10.0. The lowest BCUT2D eigenvalue weighted by Crippen LogP contribution is -2.12. The summed E-state index contributed by atoms with van der Waals surface area (Å²) in [5.41, 5.74) is 2.61. The lowest BCUT2D eigenvalue weighted by molar-refractivity contribution is -0.132. The summed E-state index contributed by atoms with van der Waals surface area (Å²) in [4.78, 5) is 35.9. The predicted molar refractivity (Wildman–Crippen MR) is 123 cm³/mol. The van der Waals surface area contributed by atoms with Crippen molar-refractivity contribution in [3.8, 4) is 28.4 Å². The third kappa shape index (κ3) is 5.92. The van der Waals surface area contributed by atoms with Crippen molar-refractivity contribution in [2.45, 2.75) is 20.8 Å². The highest BCUT2D eigenvalue weighted by atomic mass is 16.6. The third-order valence-electron chi connectivity index (χ3n) is 4.16. The fraction of sp³-hybridized carbons (Fsp3) is 0.115. The second-order valence-corrected chi connectivity index (χ2v) is 7.13. The van der Waals surface area contributed by atoms with Crippen molar-refractivity contribution >= 4 is 24.0 Å². The van der Waals surface area contributed by atoms with Crippen LogP contribution in [0.5, 0.6) is 17.2 Å². The van der Waals surface area contributed by atoms with Gasteiger partial charge < -0.3 is 14.2 Å². The van der Waals surface area contributed by atoms with Gasteiger partial charge in [-0.25, -0.2) is 14.4 Å². The summed E-state index contributed by atoms with van der Waals surface area (Å²) in [5, 5.41) is 0. The molecule has 0 aliphatic heterocycles. The molecule has 0 radical (unpaired) electrons. The van der Waals surface area contributed by atoms with Crippen LogP contribution in [0, 0.1) is 0 Å². The lowest BCUT2D eigenvalue weighted by Gasteiger charge is -2.14. The molecule has 0 amide bonds. The molecule has 0 heterocycles. The molecular weight excluding hydrogens is 408 g/mol. The molecule has 2 aromatic rings. The normalized spacial score (nSPS) is 9.97. The molecule has 0 N–H and O–H groups in total. The van der Waals surface area contributed by atoms with Gasteiger partial charge in [0.25, 0.3) is 0 Å². The van der Waals surface area contributed by atoms with Crippen LogP contribution in [-0.4, -0.2) is 17.9 Å². The van der Waals surface area contributed by atoms with Crippen LogP contribution >= 0.6 is 0 Å². The second kappa shape index (κ2) is 10.2. The molecule has 0 saturated carbocycles. The molecule has 0 fully saturated rings. The zero-order valence-corrected chi connectivity index (χ0v) is 18.3. The fourth-order valence-electron chi connectivity index (χ4n) is 2.39. The molecule has 0 bridgehead atoms. The summed E-state index contributed by atoms with van der Waals surface area (Å²) in [6.45, 7) is 19.0. The monoisotopic (exact) mass is 432 g/mol. The van der Waals surface area contributed by atoms with Gasteiger partial charge in [-0.15, -0.1) is 0 Å². The van der Waals surface area contributed by atoms with E-state index in [1.807, 2.05) is 0 Å². The van der Waals surface area contributed by atoms with Gasteiger partial charge in [0.05, 0.1) is 0 Å². The molecule has 2 rings (SSSR count). The maximum atomic E-state index is 12.1. The summed E-state index contributed by atoms with van der Waals surface area (Å²) in [7, 11) is 0. The van der Waals surface area contributed by atoms with E-state index < -0.39 is 17.9 Å². The van der Waals surface area contributed by atoms with Crippen molar-refractivity contribution in [3.63, 3.8) is 0 Å². The van der Waals surface area contributed by atoms with Gasteiger partial charge in [-0.1, -0.05) is 44.5 Å². The Morgan fingerprint density at radius 1 is 0.656 bits per heavy atom. The number of carbonyl (C=O) groups excluding carboxylic acids is 3. The predicted octanol–water partition coefficient (Wildman–Crippen LogP) is 5.44. The van der Waals surface area contributed by atoms with Crippen molar-refractivity contribution in [2.24, 2.45) is 0 Å². The van der Waals surface area contributed by atoms with Gasteiger partial charge in [-0.2, -0.15) is 0 Å². The molecule has 0 aliphatic carbocycles. The fourth-order valence-corrected chi connectivity index (χ4v) is 2.39. The summed E-state index contributed by atoms with van der Waals surface area (Å²) < 4.78 is 16.0. The van der Waals surface area contributed by atoms with Crippen LogP contribution in [0.15, 0.2) is 79.4 Å². The Morgan fingerprint density at radius 2 is 1.06 bits per heavy atom. The van der Waals surface area contributed by atoms with Gasteiger partial charge in [0.1, 0.15) is 5.75 Å². The molecule has 0 spiro atoms. The van der Waals surface area contributed by atoms with Crippen molar-refractivity contribution in [1.29, 1.82) is 0 Å². The van der Waals surface area contributed by atoms with E-state index in [2.05, 4.69) is 26.3 Å². The average molecular weight is 432 g/mol. The van der Waals surface area contributed by atoms with Gasteiger partial charge in [0.15, 0.2) is 11.5 Å². The number of hydrogen-bond acceptors (Lipinski definition) is 6. The first-order valence-corrected chi connectivity index (χ1v) is 9.57. The number of hydrogen-bond donors (Lipinski definition) is 0. The summed E-state index contributed by atoms with van der Waals surface area (Å²) >= 11 is 0. The minimum atomic E-state index is -0.663. The Morgan fingerprint density at radius 3 is 1.53 bits per heavy atom. The molecule has 6 heteroatoms. The maximum absolute atomic E-state index is 12.1. The molecule has 0 saturated heterocycles. The van der Waals surface area contributed by atoms with Crippen LogP contribution in [0.25, 0.3) is 17.2 Å². The van der Waals surface area contributed by atoms with Gasteiger partial charge in [0, 0.05) is 22.3 Å². The summed E-state index contributed by atoms with van der Waals surface area (Å²) in [5.74, 6) is -1.42. The minimum Gasteiger partial charge on any atom is -0.423 e. The van der Waals surface area contributed by atoms with Crippen molar-refractivity contribution in [2.75, 3.05) is 0 Å². The van der Waals surface area contributed by atoms with E-state index >= 15 is 0 Å². The highest BCUT2D eigenvalue weighted by Gasteiger charge is 2.17. The van der Waals surface area contributed by atoms with Gasteiger partial charge in [-0.05, 0) is 56.2 Å². The van der Waals surface area contributed by atoms with Crippen molar-refractivity contribution < 1.29 is 28.6 Å². The topological polar surface area (TPSA) is 78.9 Å². The van der Waals surface area contributed by atoms with Crippen LogP contribution in [0.3, 0.4) is 0 Å². The van der Waals surface area contributed by atoms with Crippen LogP contribution in [0.1, 0.15) is 26.3 Å². The summed E-state index contributed by atoms with van der Waals surface area (Å²) in [6.07, 6.45) is 1.55. The van der Waals surface area contributed by atoms with E-state index in [9.17, 15) is 14.4 Å². The third-order valence-corrected chi connectivity index (χ3v) is 4.16. The first kappa shape index (κ1) is 24.1. The van der Waals surface area contributed by atoms with E-state index in [1.54, 1.807) is 43.3 Å². The van der Waals surface area contributed by atoms with Crippen molar-refractivity contribution in [3.05, 3.63) is 85.0 Å². The quantitative estimate of drug-likeness (QED) is 0.314. The smallest absolute Gasteiger partial charge is 0.338 e. The number of carbonyl (C=O) groups is 3. The molecule has 0 unspecified atom stereocenters. The molecule has 6 nitrogen and oxygen atoms in total. The molecule has 0 aromatic heterocycles. The number of rotatable bonds is 8. The van der Waals surface area contributed by atoms with Crippen LogP contribution < -0.4 is 14.2 Å². The number of ether oxygens (including phenoxy) is 3. The van der Waals surface area contributed by atoms with E-state index in [1.165, 1.54) is 19.9 Å². The Balaban J connectivity index is 2.49. The maximum Gasteiger partial charge on any atom is 0.338 e. The van der Waals surface area contributed by atoms with Crippen LogP contribution in [-0.2, 0) is 14.4 Å². The van der Waals surface area contributed by atoms with E-state index in [-0.39, 0.29) is 28.2 Å². The highest BCUT2D eigenvalue weighted by Crippen LogP contribution is 2.35. The Kier molecular flexibility index (Phi) is 7.69. The largest absolute Gasteiger partial charge is 0.423 e. The van der Waals surface area contributed by atoms with E-state index in [4.69, 9.17) is 14.2 Å². The van der Waals surface area contributed by atoms with E-state index in [0.29, 0.717) is 16.9 Å². The molecule has 2 aromatic carbocycles. The highest BCUT2D eigenvalue weighted by molar-refractivity contribution is 5.92. The van der Waals surface area contributed by atoms with Gasteiger partial charge in [-0.3, -0.25) is 0 Å². The SMILES string of the molecule is C=Cc1cc(-c2ccc(OC(=O)C(=C)C)c(OC(=O)C(=C)C)c2)ccc1OC(=O)C(=C)C. The number of esters is 3. The van der Waals surface area contributed by atoms with Crippen molar-refractivity contribution in [1.82, 2.24) is 0 Å². The standard InChI is InChI=1S/C26H24O6/c1-8-18-13-19(9-11-21(18)30-24(27)15(2)3)20-10-12-22(31-25(28)16(4)5)23(14-20)32-26(29)17(6)7/h8-14H,1-2,4,6H2,3,5,7H3. The first-order valence-electron chi connectivity index (χ1n) is 9.57. The molecular formula is C26H24O6. The first-order chi connectivity index (χ1) is 15.0. The second-order valence-electron chi connectivity index (χ2n) is 7.13. The zero-order chi connectivity index (χ0) is 24.0. The minimum absolute atomic E-state index is 0.0445. The Labute approximate surface area is 187 Å². The van der Waals surface area contributed by atoms with Crippen LogP contribution in [0.2, 0.25) is 0 Å². The molecule has 32 heavy (non-hydrogen) atoms. The molecule has 0 atom stereocenters. The average Bonchev–Trinajstić information content (AvgIpc) is 2.74. The zero-order valence-electron chi connectivity index (χ0n) is 18.3. The van der Waals surface area contributed by atoms with E-state index in [0.717, 1.165) is 5.56 Å². The summed E-state index contributed by atoms with van der Waals surface area (Å²) in [6, 6.07) is 9.88. The van der Waals surface area contributed by atoms with Gasteiger partial charge in [0.2, 0.25) is 0 Å².